The Morgan fingerprint density at radius 2 is 1.07 bits per heavy atom. The van der Waals surface area contributed by atoms with Gasteiger partial charge in [0.1, 0.15) is 23.9 Å². The van der Waals surface area contributed by atoms with Crippen LogP contribution in [-0.2, 0) is 67.7 Å². The number of carbonyl (C=O) groups is 3. The van der Waals surface area contributed by atoms with Gasteiger partial charge in [0.2, 0.25) is 0 Å². The number of hydrogen-bond donors (Lipinski definition) is 0. The largest absolute Gasteiger partial charge is 0 e. The Morgan fingerprint density at radius 1 is 0.750 bits per heavy atom. The zero-order valence-corrected chi connectivity index (χ0v) is 18.4. The molecule has 10 nitrogen and oxygen atoms in total. The summed E-state index contributed by atoms with van der Waals surface area (Å²) in [7, 11) is 3.54. The summed E-state index contributed by atoms with van der Waals surface area (Å²) in [4.78, 5) is 35.8. The molecule has 0 aromatic rings. The minimum Gasteiger partial charge on any atom is 0 e. The van der Waals surface area contributed by atoms with Gasteiger partial charge in [0.15, 0.2) is 0 Å². The maximum Gasteiger partial charge on any atom is 0 e. The van der Waals surface area contributed by atoms with Crippen LogP contribution in [0.15, 0.2) is 0 Å². The molecule has 1 fully saturated rings. The van der Waals surface area contributed by atoms with Crippen molar-refractivity contribution >= 4 is 17.9 Å². The molecule has 0 N–H and O–H groups in total. The number of ether oxygens (including phenoxy) is 4. The molecule has 0 unspecified atom stereocenters. The summed E-state index contributed by atoms with van der Waals surface area (Å²) in [5.74, 6) is -2.20. The molecule has 1 aliphatic rings. The molecular formula is C17H17O10Re. The van der Waals surface area contributed by atoms with Gasteiger partial charge in [-0.1, -0.05) is 6.92 Å². The van der Waals surface area contributed by atoms with E-state index in [0.717, 1.165) is 0 Å². The summed E-state index contributed by atoms with van der Waals surface area (Å²) in [6, 6.07) is 0. The predicted molar refractivity (Wildman–Crippen MR) is 81.4 cm³/mol. The SMILES string of the molecule is CCO[C]1[C](C(=O)OC)[C](C)[C](C(=O)OC)[C]1C(=O)OC.[C-]#[O+].[C-]#[O+].[C-]#[O+].[Re]. The Bertz CT molecular complexity index is 514. The second-order valence-corrected chi connectivity index (χ2v) is 3.99. The first kappa shape index (κ1) is 33.8. The molecule has 1 aliphatic carbocycles. The van der Waals surface area contributed by atoms with Crippen molar-refractivity contribution in [2.75, 3.05) is 27.9 Å². The van der Waals surface area contributed by atoms with E-state index < -0.39 is 17.9 Å². The third-order valence-electron chi connectivity index (χ3n) is 2.91. The van der Waals surface area contributed by atoms with Gasteiger partial charge in [-0.3, -0.25) is 14.4 Å². The second-order valence-electron chi connectivity index (χ2n) is 3.99. The van der Waals surface area contributed by atoms with Gasteiger partial charge in [0, 0.05) is 32.9 Å². The van der Waals surface area contributed by atoms with Crippen LogP contribution in [0.4, 0.5) is 0 Å². The Hall–Kier alpha value is -1.75. The molecule has 6 radical (unpaired) electrons. The Kier molecular flexibility index (Phi) is 24.1. The minimum atomic E-state index is -0.794. The summed E-state index contributed by atoms with van der Waals surface area (Å²) < 4.78 is 41.9. The molecule has 0 amide bonds. The van der Waals surface area contributed by atoms with Crippen LogP contribution < -0.4 is 0 Å². The molecule has 0 heterocycles. The minimum absolute atomic E-state index is 0. The maximum atomic E-state index is 12.0. The molecular weight excluding hydrogens is 550 g/mol. The van der Waals surface area contributed by atoms with Crippen LogP contribution in [0.25, 0.3) is 0 Å². The predicted octanol–water partition coefficient (Wildman–Crippen LogP) is 0.290. The summed E-state index contributed by atoms with van der Waals surface area (Å²) >= 11 is 0. The molecule has 0 aliphatic heterocycles. The molecule has 0 bridgehead atoms. The van der Waals surface area contributed by atoms with Crippen LogP contribution in [0.3, 0.4) is 0 Å². The molecule has 28 heavy (non-hydrogen) atoms. The van der Waals surface area contributed by atoms with Crippen molar-refractivity contribution in [1.82, 2.24) is 0 Å². The van der Waals surface area contributed by atoms with Crippen molar-refractivity contribution in [2.45, 2.75) is 13.8 Å². The van der Waals surface area contributed by atoms with Crippen molar-refractivity contribution in [3.05, 3.63) is 49.7 Å². The van der Waals surface area contributed by atoms with Crippen LogP contribution in [0, 0.1) is 49.7 Å². The fraction of sp³-hybridized carbons (Fsp3) is 0.353. The first-order chi connectivity index (χ1) is 12.9. The van der Waals surface area contributed by atoms with Crippen LogP contribution in [0.2, 0.25) is 0 Å². The van der Waals surface area contributed by atoms with Crippen molar-refractivity contribution in [2.24, 2.45) is 0 Å². The third-order valence-corrected chi connectivity index (χ3v) is 2.91. The van der Waals surface area contributed by atoms with E-state index in [1.54, 1.807) is 6.92 Å². The second kappa shape index (κ2) is 20.0. The van der Waals surface area contributed by atoms with E-state index in [2.05, 4.69) is 34.2 Å². The van der Waals surface area contributed by atoms with Crippen molar-refractivity contribution in [1.29, 1.82) is 0 Å². The van der Waals surface area contributed by atoms with Crippen molar-refractivity contribution < 1.29 is 67.7 Å². The van der Waals surface area contributed by atoms with E-state index >= 15 is 0 Å². The van der Waals surface area contributed by atoms with E-state index in [0.29, 0.717) is 0 Å². The van der Waals surface area contributed by atoms with Crippen molar-refractivity contribution in [3.8, 4) is 0 Å². The van der Waals surface area contributed by atoms with Gasteiger partial charge in [-0.2, -0.15) is 0 Å². The van der Waals surface area contributed by atoms with Gasteiger partial charge in [-0.15, -0.1) is 0 Å². The maximum absolute atomic E-state index is 12.0. The standard InChI is InChI=1S/C14H17O7.3CO.Re/c1-6-21-11-9(13(16)19-4)7(2)8(12(15)18-3)10(11)14(17)20-5;3*1-2;/h6H2,1-5H3;;;;. The zero-order chi connectivity index (χ0) is 22.2. The van der Waals surface area contributed by atoms with E-state index in [1.165, 1.54) is 28.3 Å². The fourth-order valence-electron chi connectivity index (χ4n) is 2.01. The molecule has 1 saturated carbocycles. The van der Waals surface area contributed by atoms with Gasteiger partial charge >= 0.3 is 51.8 Å². The molecule has 0 saturated heterocycles. The summed E-state index contributed by atoms with van der Waals surface area (Å²) in [6.45, 7) is 16.9. The summed E-state index contributed by atoms with van der Waals surface area (Å²) in [5.41, 5.74) is 0. The van der Waals surface area contributed by atoms with E-state index in [4.69, 9.17) is 18.7 Å². The first-order valence-corrected chi connectivity index (χ1v) is 6.76. The monoisotopic (exact) mass is 568 g/mol. The van der Waals surface area contributed by atoms with E-state index in [-0.39, 0.29) is 56.8 Å². The number of carbonyl (C=O) groups excluding carboxylic acids is 3. The smallest absolute Gasteiger partial charge is 0 e. The summed E-state index contributed by atoms with van der Waals surface area (Å²) in [6.07, 6.45) is -0.0332. The number of esters is 3. The molecule has 0 aromatic heterocycles. The van der Waals surface area contributed by atoms with Gasteiger partial charge in [-0.25, -0.2) is 0 Å². The third kappa shape index (κ3) is 8.51. The topological polar surface area (TPSA) is 148 Å². The van der Waals surface area contributed by atoms with Crippen LogP contribution in [0.1, 0.15) is 13.8 Å². The number of hydrogen-bond acceptors (Lipinski definition) is 7. The van der Waals surface area contributed by atoms with Crippen LogP contribution >= 0.6 is 0 Å². The van der Waals surface area contributed by atoms with E-state index in [1.807, 2.05) is 0 Å². The number of rotatable bonds is 5. The average molecular weight is 568 g/mol. The Morgan fingerprint density at radius 3 is 1.39 bits per heavy atom. The molecule has 11 heteroatoms. The van der Waals surface area contributed by atoms with Crippen molar-refractivity contribution in [3.63, 3.8) is 0 Å². The molecule has 0 aromatic carbocycles. The molecule has 152 valence electrons. The van der Waals surface area contributed by atoms with Gasteiger partial charge < -0.3 is 18.9 Å². The average Bonchev–Trinajstić information content (AvgIpc) is 3.02. The van der Waals surface area contributed by atoms with Crippen LogP contribution in [0.5, 0.6) is 0 Å². The number of methoxy groups -OCH3 is 3. The quantitative estimate of drug-likeness (QED) is 0.201. The first-order valence-electron chi connectivity index (χ1n) is 6.76. The normalized spacial score (nSPS) is 14.2. The Balaban J connectivity index is -0.000000374. The van der Waals surface area contributed by atoms with Gasteiger partial charge in [0.05, 0.1) is 21.3 Å². The zero-order valence-electron chi connectivity index (χ0n) is 15.7. The van der Waals surface area contributed by atoms with Gasteiger partial charge in [0.25, 0.3) is 0 Å². The molecule has 0 spiro atoms. The van der Waals surface area contributed by atoms with Gasteiger partial charge in [-0.05, 0) is 6.92 Å². The fourth-order valence-corrected chi connectivity index (χ4v) is 2.01. The molecule has 0 atom stereocenters. The Labute approximate surface area is 177 Å². The summed E-state index contributed by atoms with van der Waals surface area (Å²) in [5, 5.41) is 0. The molecule has 1 rings (SSSR count). The van der Waals surface area contributed by atoms with E-state index in [9.17, 15) is 14.4 Å². The van der Waals surface area contributed by atoms with Crippen LogP contribution in [-0.4, -0.2) is 45.8 Å².